The summed E-state index contributed by atoms with van der Waals surface area (Å²) in [5.41, 5.74) is 1.13. The fourth-order valence-electron chi connectivity index (χ4n) is 5.12. The normalized spacial score (nSPS) is 29.7. The second kappa shape index (κ2) is 8.02. The Morgan fingerprint density at radius 2 is 1.86 bits per heavy atom. The minimum absolute atomic E-state index is 0.00109. The number of quaternary nitrogens is 1. The van der Waals surface area contributed by atoms with Crippen LogP contribution in [0.25, 0.3) is 0 Å². The van der Waals surface area contributed by atoms with Crippen LogP contribution in [-0.2, 0) is 4.79 Å². The van der Waals surface area contributed by atoms with Gasteiger partial charge < -0.3 is 15.3 Å². The molecule has 2 aromatic rings. The first-order valence-electron chi connectivity index (χ1n) is 10.2. The van der Waals surface area contributed by atoms with Gasteiger partial charge >= 0.3 is 0 Å². The first-order chi connectivity index (χ1) is 13.5. The van der Waals surface area contributed by atoms with Crippen molar-refractivity contribution in [1.29, 1.82) is 0 Å². The van der Waals surface area contributed by atoms with Gasteiger partial charge in [0.2, 0.25) is 0 Å². The molecule has 5 heteroatoms. The third-order valence-electron chi connectivity index (χ3n) is 6.46. The summed E-state index contributed by atoms with van der Waals surface area (Å²) in [6.45, 7) is 1.07. The van der Waals surface area contributed by atoms with E-state index in [4.69, 9.17) is 0 Å². The molecule has 3 N–H and O–H groups in total. The molecule has 148 valence electrons. The van der Waals surface area contributed by atoms with Gasteiger partial charge in [-0.1, -0.05) is 43.2 Å². The van der Waals surface area contributed by atoms with Crippen LogP contribution >= 0.6 is 0 Å². The maximum atomic E-state index is 13.5. The summed E-state index contributed by atoms with van der Waals surface area (Å²) in [5, 5.41) is 14.2. The number of carbonyl (C=O) groups is 1. The van der Waals surface area contributed by atoms with E-state index in [9.17, 15) is 14.3 Å². The number of hydrogen-bond acceptors (Lipinski definition) is 2. The van der Waals surface area contributed by atoms with Crippen LogP contribution in [0, 0.1) is 11.7 Å². The largest absolute Gasteiger partial charge is 0.389 e. The van der Waals surface area contributed by atoms with E-state index < -0.39 is 5.60 Å². The van der Waals surface area contributed by atoms with E-state index in [-0.39, 0.29) is 23.7 Å². The van der Waals surface area contributed by atoms with E-state index in [1.165, 1.54) is 12.1 Å². The monoisotopic (exact) mass is 383 g/mol. The highest BCUT2D eigenvalue weighted by Gasteiger charge is 2.51. The van der Waals surface area contributed by atoms with Crippen LogP contribution in [0.3, 0.4) is 0 Å². The molecule has 0 bridgehead atoms. The van der Waals surface area contributed by atoms with Crippen molar-refractivity contribution in [3.05, 3.63) is 66.0 Å². The first kappa shape index (κ1) is 19.1. The highest BCUT2D eigenvalue weighted by atomic mass is 19.1. The number of halogens is 1. The van der Waals surface area contributed by atoms with Crippen LogP contribution in [0.4, 0.5) is 10.1 Å². The average molecular weight is 383 g/mol. The van der Waals surface area contributed by atoms with Crippen molar-refractivity contribution in [3.8, 4) is 0 Å². The minimum atomic E-state index is -0.670. The number of rotatable bonds is 4. The van der Waals surface area contributed by atoms with Crippen molar-refractivity contribution >= 4 is 11.6 Å². The Labute approximate surface area is 165 Å². The summed E-state index contributed by atoms with van der Waals surface area (Å²) in [6, 6.07) is 16.0. The third-order valence-corrected chi connectivity index (χ3v) is 6.46. The summed E-state index contributed by atoms with van der Waals surface area (Å²) in [4.78, 5) is 13.8. The number of benzene rings is 2. The van der Waals surface area contributed by atoms with Crippen LogP contribution in [0.5, 0.6) is 0 Å². The highest BCUT2D eigenvalue weighted by Crippen LogP contribution is 2.43. The number of likely N-dealkylation sites (tertiary alicyclic amines) is 1. The molecule has 0 spiro atoms. The van der Waals surface area contributed by atoms with Gasteiger partial charge in [0.25, 0.3) is 5.91 Å². The summed E-state index contributed by atoms with van der Waals surface area (Å²) in [5.74, 6) is -0.198. The Morgan fingerprint density at radius 1 is 1.11 bits per heavy atom. The van der Waals surface area contributed by atoms with Gasteiger partial charge in [0.1, 0.15) is 11.9 Å². The molecule has 1 aliphatic carbocycles. The molecule has 2 fully saturated rings. The maximum Gasteiger partial charge on any atom is 0.279 e. The molecule has 2 aromatic carbocycles. The van der Waals surface area contributed by atoms with Crippen molar-refractivity contribution in [1.82, 2.24) is 0 Å². The van der Waals surface area contributed by atoms with Gasteiger partial charge in [-0.15, -0.1) is 0 Å². The van der Waals surface area contributed by atoms with Crippen LogP contribution in [0.1, 0.15) is 43.7 Å². The van der Waals surface area contributed by atoms with Crippen molar-refractivity contribution in [3.63, 3.8) is 0 Å². The number of aliphatic hydroxyl groups is 1. The lowest BCUT2D eigenvalue weighted by atomic mass is 9.66. The highest BCUT2D eigenvalue weighted by molar-refractivity contribution is 5.91. The second-order valence-corrected chi connectivity index (χ2v) is 8.23. The number of nitrogens with one attached hydrogen (secondary N) is 2. The molecule has 4 atom stereocenters. The van der Waals surface area contributed by atoms with E-state index in [0.717, 1.165) is 48.4 Å². The topological polar surface area (TPSA) is 53.8 Å². The smallest absolute Gasteiger partial charge is 0.279 e. The van der Waals surface area contributed by atoms with E-state index in [0.29, 0.717) is 13.0 Å². The predicted octanol–water partition coefficient (Wildman–Crippen LogP) is 2.72. The molecule has 4 rings (SSSR count). The fourth-order valence-corrected chi connectivity index (χ4v) is 5.12. The molecular weight excluding hydrogens is 355 g/mol. The molecule has 28 heavy (non-hydrogen) atoms. The van der Waals surface area contributed by atoms with Crippen LogP contribution in [-0.4, -0.2) is 29.7 Å². The van der Waals surface area contributed by atoms with E-state index in [2.05, 4.69) is 5.32 Å². The molecule has 2 aliphatic rings. The number of piperidine rings is 1. The molecule has 1 aliphatic heterocycles. The van der Waals surface area contributed by atoms with Crippen molar-refractivity contribution in [2.45, 2.75) is 43.7 Å². The molecule has 4 nitrogen and oxygen atoms in total. The van der Waals surface area contributed by atoms with Crippen molar-refractivity contribution in [2.75, 3.05) is 18.4 Å². The molecule has 1 heterocycles. The van der Waals surface area contributed by atoms with Gasteiger partial charge in [0.15, 0.2) is 6.54 Å². The van der Waals surface area contributed by atoms with E-state index in [1.807, 2.05) is 42.5 Å². The fraction of sp³-hybridized carbons (Fsp3) is 0.435. The van der Waals surface area contributed by atoms with E-state index >= 15 is 0 Å². The summed E-state index contributed by atoms with van der Waals surface area (Å²) in [7, 11) is 0. The Bertz CT molecular complexity index is 811. The number of anilines is 1. The van der Waals surface area contributed by atoms with Crippen LogP contribution < -0.4 is 10.2 Å². The predicted molar refractivity (Wildman–Crippen MR) is 106 cm³/mol. The molecule has 1 saturated carbocycles. The molecule has 1 unspecified atom stereocenters. The molecular formula is C23H28FN2O2+. The number of hydrogen-bond donors (Lipinski definition) is 3. The number of carbonyl (C=O) groups excluding carboxylic acids is 1. The summed E-state index contributed by atoms with van der Waals surface area (Å²) >= 11 is 0. The van der Waals surface area contributed by atoms with Crippen molar-refractivity contribution < 1.29 is 19.2 Å². The second-order valence-electron chi connectivity index (χ2n) is 8.23. The van der Waals surface area contributed by atoms with Gasteiger partial charge in [0, 0.05) is 23.6 Å². The van der Waals surface area contributed by atoms with Gasteiger partial charge in [-0.3, -0.25) is 4.79 Å². The molecule has 1 saturated heterocycles. The quantitative estimate of drug-likeness (QED) is 0.760. The molecule has 0 radical (unpaired) electrons. The van der Waals surface area contributed by atoms with Gasteiger partial charge in [-0.05, 0) is 37.1 Å². The molecule has 1 amide bonds. The van der Waals surface area contributed by atoms with Gasteiger partial charge in [0.05, 0.1) is 12.1 Å². The number of amides is 1. The lowest BCUT2D eigenvalue weighted by molar-refractivity contribution is -0.937. The SMILES string of the molecule is O=C(C[NH+]1CC[C@@]2(O)CCCC[C@@H]2[C@@H]1c1ccc(F)cc1)Nc1ccccc1. The van der Waals surface area contributed by atoms with Crippen LogP contribution in [0.15, 0.2) is 54.6 Å². The Balaban J connectivity index is 1.57. The zero-order chi connectivity index (χ0) is 19.6. The standard InChI is InChI=1S/C23H27FN2O2/c24-18-11-9-17(10-12-18)22-20-8-4-5-13-23(20,28)14-15-26(22)16-21(27)25-19-6-2-1-3-7-19/h1-3,6-7,9-12,20,22,28H,4-5,8,13-16H2,(H,25,27)/p+1/t20-,22+,23+/m1/s1. The number of fused-ring (bicyclic) bond motifs is 1. The number of para-hydroxylation sites is 1. The summed E-state index contributed by atoms with van der Waals surface area (Å²) < 4.78 is 13.5. The Kier molecular flexibility index (Phi) is 5.47. The maximum absolute atomic E-state index is 13.5. The minimum Gasteiger partial charge on any atom is -0.389 e. The first-order valence-corrected chi connectivity index (χ1v) is 10.2. The van der Waals surface area contributed by atoms with Crippen molar-refractivity contribution in [2.24, 2.45) is 5.92 Å². The average Bonchev–Trinajstić information content (AvgIpc) is 2.69. The van der Waals surface area contributed by atoms with Gasteiger partial charge in [-0.2, -0.15) is 0 Å². The zero-order valence-corrected chi connectivity index (χ0v) is 16.0. The Hall–Kier alpha value is -2.24. The molecule has 0 aromatic heterocycles. The van der Waals surface area contributed by atoms with E-state index in [1.54, 1.807) is 0 Å². The lowest BCUT2D eigenvalue weighted by Gasteiger charge is -2.50. The third kappa shape index (κ3) is 3.96. The zero-order valence-electron chi connectivity index (χ0n) is 16.0. The van der Waals surface area contributed by atoms with Crippen LogP contribution in [0.2, 0.25) is 0 Å². The Morgan fingerprint density at radius 3 is 2.61 bits per heavy atom. The van der Waals surface area contributed by atoms with Gasteiger partial charge in [-0.25, -0.2) is 4.39 Å². The summed E-state index contributed by atoms with van der Waals surface area (Å²) in [6.07, 6.45) is 4.62. The lowest BCUT2D eigenvalue weighted by Crippen LogP contribution is -3.16.